The molecule has 18 valence electrons. The van der Waals surface area contributed by atoms with Crippen molar-refractivity contribution in [3.8, 4) is 0 Å². The Hall–Kier alpha value is 0.450. The van der Waals surface area contributed by atoms with E-state index in [4.69, 9.17) is 11.8 Å². The van der Waals surface area contributed by atoms with Gasteiger partial charge in [0, 0.05) is 0 Å². The molecule has 0 aromatic heterocycles. The van der Waals surface area contributed by atoms with Crippen molar-refractivity contribution in [1.82, 2.24) is 6.15 Å². The van der Waals surface area contributed by atoms with Gasteiger partial charge in [0.05, 0.1) is 0 Å². The summed E-state index contributed by atoms with van der Waals surface area (Å²) in [6.07, 6.45) is 0. The average molecular weight is 66.0 g/mol. The van der Waals surface area contributed by atoms with Gasteiger partial charge < -0.3 is 18.0 Å². The standard InChI is InChI=1S/CN.H3N.Na/c1-2;;/h;1H3;/q-1;;+1. The van der Waals surface area contributed by atoms with Gasteiger partial charge in [0.25, 0.3) is 0 Å². The van der Waals surface area contributed by atoms with E-state index < -0.39 is 0 Å². The summed E-state index contributed by atoms with van der Waals surface area (Å²) in [5.41, 5.74) is 0. The monoisotopic (exact) mass is 66.0 g/mol. The van der Waals surface area contributed by atoms with Gasteiger partial charge >= 0.3 is 29.6 Å². The molecule has 0 fully saturated rings. The van der Waals surface area contributed by atoms with E-state index in [9.17, 15) is 0 Å². The van der Waals surface area contributed by atoms with Crippen LogP contribution in [-0.2, 0) is 0 Å². The number of rotatable bonds is 0. The fraction of sp³-hybridized carbons (Fsp3) is 0. The van der Waals surface area contributed by atoms with Crippen LogP contribution < -0.4 is 35.7 Å². The van der Waals surface area contributed by atoms with Crippen LogP contribution in [0.4, 0.5) is 0 Å². The van der Waals surface area contributed by atoms with Gasteiger partial charge in [-0.05, 0) is 0 Å². The Morgan fingerprint density at radius 3 is 1.25 bits per heavy atom. The maximum Gasteiger partial charge on any atom is 1.00 e. The molecule has 0 aromatic rings. The summed E-state index contributed by atoms with van der Waals surface area (Å²) in [5.74, 6) is 0. The van der Waals surface area contributed by atoms with Crippen LogP contribution in [0.5, 0.6) is 0 Å². The van der Waals surface area contributed by atoms with E-state index >= 15 is 0 Å². The first-order chi connectivity index (χ1) is 1.00. The van der Waals surface area contributed by atoms with Crippen molar-refractivity contribution in [2.24, 2.45) is 0 Å². The molecule has 0 spiro atoms. The van der Waals surface area contributed by atoms with Crippen molar-refractivity contribution in [3.63, 3.8) is 0 Å². The molecule has 0 bridgehead atoms. The van der Waals surface area contributed by atoms with Crippen molar-refractivity contribution >= 4 is 0 Å². The minimum atomic E-state index is 0. The van der Waals surface area contributed by atoms with Crippen LogP contribution in [0.25, 0.3) is 0 Å². The third-order valence-corrected chi connectivity index (χ3v) is 0. The van der Waals surface area contributed by atoms with Crippen molar-refractivity contribution in [3.05, 3.63) is 6.57 Å². The topological polar surface area (TPSA) is 58.8 Å². The molecule has 2 nitrogen and oxygen atoms in total. The molecule has 0 aromatic carbocycles. The predicted octanol–water partition coefficient (Wildman–Crippen LogP) is -2.74. The second kappa shape index (κ2) is 102. The first-order valence-corrected chi connectivity index (χ1v) is 0.224. The molecule has 0 atom stereocenters. The van der Waals surface area contributed by atoms with Crippen molar-refractivity contribution in [2.75, 3.05) is 0 Å². The summed E-state index contributed by atoms with van der Waals surface area (Å²) in [6, 6.07) is 0. The molecule has 0 radical (unpaired) electrons. The van der Waals surface area contributed by atoms with E-state index in [-0.39, 0.29) is 35.7 Å². The molecular weight excluding hydrogens is 63.0 g/mol. The smallest absolute Gasteiger partial charge is 0.512 e. The second-order valence-electron chi connectivity index (χ2n) is 0. The molecule has 0 amide bonds. The Labute approximate surface area is 47.7 Å². The van der Waals surface area contributed by atoms with Gasteiger partial charge in [0.2, 0.25) is 0 Å². The summed E-state index contributed by atoms with van der Waals surface area (Å²) in [7, 11) is 0. The van der Waals surface area contributed by atoms with Gasteiger partial charge in [-0.25, -0.2) is 0 Å². The molecule has 0 heterocycles. The minimum Gasteiger partial charge on any atom is -0.512 e. The number of hydrogen-bond acceptors (Lipinski definition) is 2. The van der Waals surface area contributed by atoms with Crippen LogP contribution >= 0.6 is 0 Å². The first kappa shape index (κ1) is 25.2. The third-order valence-electron chi connectivity index (χ3n) is 0. The molecule has 3 N–H and O–H groups in total. The van der Waals surface area contributed by atoms with Gasteiger partial charge in [0.1, 0.15) is 0 Å². The quantitative estimate of drug-likeness (QED) is 0.246. The normalized spacial score (nSPS) is 0.500. The van der Waals surface area contributed by atoms with Crippen LogP contribution in [0.2, 0.25) is 0 Å². The first-order valence-electron chi connectivity index (χ1n) is 0.224. The zero-order valence-electron chi connectivity index (χ0n) is 2.65. The molecule has 0 aliphatic heterocycles. The SMILES string of the molecule is N.[C-]#N.[Na+]. The molecule has 0 aliphatic rings. The fourth-order valence-electron chi connectivity index (χ4n) is 0. The van der Waals surface area contributed by atoms with Crippen LogP contribution in [0.3, 0.4) is 0 Å². The molecule has 0 saturated heterocycles. The van der Waals surface area contributed by atoms with Gasteiger partial charge in [-0.3, -0.25) is 0 Å². The minimum absolute atomic E-state index is 0. The molecule has 0 unspecified atom stereocenters. The van der Waals surface area contributed by atoms with Gasteiger partial charge in [-0.15, -0.1) is 0 Å². The Bertz CT molecular complexity index is 10.8. The largest absolute Gasteiger partial charge is 1.00 e. The van der Waals surface area contributed by atoms with Crippen molar-refractivity contribution in [2.45, 2.75) is 0 Å². The summed E-state index contributed by atoms with van der Waals surface area (Å²) >= 11 is 0. The van der Waals surface area contributed by atoms with E-state index in [1.54, 1.807) is 0 Å². The van der Waals surface area contributed by atoms with Crippen LogP contribution in [-0.4, -0.2) is 0 Å². The predicted molar refractivity (Wildman–Crippen MR) is 9.99 cm³/mol. The van der Waals surface area contributed by atoms with E-state index in [0.29, 0.717) is 0 Å². The fourth-order valence-corrected chi connectivity index (χ4v) is 0. The Balaban J connectivity index is -0.00000000500. The van der Waals surface area contributed by atoms with E-state index in [1.807, 2.05) is 0 Å². The van der Waals surface area contributed by atoms with Crippen LogP contribution in [0.1, 0.15) is 0 Å². The summed E-state index contributed by atoms with van der Waals surface area (Å²) < 4.78 is 0. The number of nitrogens with zero attached hydrogens (tertiary/aromatic N) is 1. The summed E-state index contributed by atoms with van der Waals surface area (Å²) in [4.78, 5) is 0. The maximum absolute atomic E-state index is 6.25. The maximum atomic E-state index is 6.25. The van der Waals surface area contributed by atoms with Gasteiger partial charge in [-0.2, -0.15) is 0 Å². The van der Waals surface area contributed by atoms with E-state index in [1.165, 1.54) is 0 Å². The zero-order chi connectivity index (χ0) is 2.00. The van der Waals surface area contributed by atoms with Gasteiger partial charge in [-0.1, -0.05) is 0 Å². The molecular formula is CH3N2Na. The Kier molecular flexibility index (Phi) is 644. The third kappa shape index (κ3) is 25.4. The Morgan fingerprint density at radius 2 is 1.25 bits per heavy atom. The van der Waals surface area contributed by atoms with E-state index in [0.717, 1.165) is 0 Å². The van der Waals surface area contributed by atoms with Crippen LogP contribution in [0, 0.1) is 11.8 Å². The van der Waals surface area contributed by atoms with E-state index in [2.05, 4.69) is 0 Å². The van der Waals surface area contributed by atoms with Crippen LogP contribution in [0.15, 0.2) is 0 Å². The van der Waals surface area contributed by atoms with Crippen molar-refractivity contribution < 1.29 is 29.6 Å². The molecule has 0 rings (SSSR count). The number of hydrogen-bond donors (Lipinski definition) is 1. The summed E-state index contributed by atoms with van der Waals surface area (Å²) in [5, 5.41) is 6.25. The molecule has 0 saturated carbocycles. The zero-order valence-corrected chi connectivity index (χ0v) is 4.65. The van der Waals surface area contributed by atoms with Gasteiger partial charge in [0.15, 0.2) is 0 Å². The average Bonchev–Trinajstić information content (AvgIpc) is 1.00. The second-order valence-corrected chi connectivity index (χ2v) is 0. The van der Waals surface area contributed by atoms with Crippen molar-refractivity contribution in [1.29, 1.82) is 5.26 Å². The molecule has 4 heavy (non-hydrogen) atoms. The summed E-state index contributed by atoms with van der Waals surface area (Å²) in [6.45, 7) is 4.75. The Morgan fingerprint density at radius 1 is 1.25 bits per heavy atom. The molecule has 0 aliphatic carbocycles. The molecule has 3 heteroatoms.